The Labute approximate surface area is 397 Å². The SMILES string of the molecule is CCCCCCCCCCCCCCCCCCCCCCCCCCCCCC(=O)O[C@H]1C(=O)[C@@]2(C)[C@H]([C@@H]3OC(=O)O[C@]34C[C@H](O[Si](C)(C)C)C(C)=C1C4(C)C)[C@]1(O)CO[C@@H]1C[C@@H]2C. The number of hydrogen-bond donors (Lipinski definition) is 1. The number of rotatable bonds is 31. The molecule has 5 aliphatic rings. The van der Waals surface area contributed by atoms with Gasteiger partial charge in [-0.1, -0.05) is 202 Å². The Kier molecular flexibility index (Phi) is 20.6. The van der Waals surface area contributed by atoms with Crippen LogP contribution in [0.1, 0.15) is 234 Å². The van der Waals surface area contributed by atoms with Crippen LogP contribution in [-0.4, -0.2) is 73.6 Å². The number of carbonyl (C=O) groups is 3. The molecular weight excluding hydrogens is 833 g/mol. The molecule has 3 aliphatic carbocycles. The number of hydrogen-bond acceptors (Lipinski definition) is 9. The second kappa shape index (κ2) is 24.7. The van der Waals surface area contributed by atoms with Crippen LogP contribution < -0.4 is 0 Å². The van der Waals surface area contributed by atoms with E-state index in [1.165, 1.54) is 154 Å². The fourth-order valence-corrected chi connectivity index (χ4v) is 14.0. The number of fused-ring (bicyclic) bond motifs is 5. The van der Waals surface area contributed by atoms with Gasteiger partial charge in [0.25, 0.3) is 0 Å². The molecule has 2 aliphatic heterocycles. The molecular formula is C55H96O9Si. The molecule has 2 bridgehead atoms. The van der Waals surface area contributed by atoms with Gasteiger partial charge in [0, 0.05) is 29.6 Å². The minimum Gasteiger partial charge on any atom is -0.450 e. The minimum atomic E-state index is -2.17. The van der Waals surface area contributed by atoms with Crippen molar-refractivity contribution in [3.05, 3.63) is 11.1 Å². The third-order valence-corrected chi connectivity index (χ3v) is 18.0. The van der Waals surface area contributed by atoms with Gasteiger partial charge in [0.2, 0.25) is 0 Å². The molecule has 4 fully saturated rings. The molecule has 0 aromatic heterocycles. The number of Topliss-reactive ketones (excluding diaryl/α,β-unsaturated/α-hetero) is 1. The highest BCUT2D eigenvalue weighted by Gasteiger charge is 2.79. The quantitative estimate of drug-likeness (QED) is 0.0314. The van der Waals surface area contributed by atoms with E-state index in [2.05, 4.69) is 26.6 Å². The lowest BCUT2D eigenvalue weighted by molar-refractivity contribution is -0.327. The molecule has 374 valence electrons. The average molecular weight is 929 g/mol. The number of esters is 1. The second-order valence-corrected chi connectivity index (χ2v) is 27.7. The van der Waals surface area contributed by atoms with Gasteiger partial charge in [-0.15, -0.1) is 0 Å². The Balaban J connectivity index is 1.01. The maximum absolute atomic E-state index is 15.4. The van der Waals surface area contributed by atoms with Crippen LogP contribution in [0.2, 0.25) is 19.6 Å². The zero-order valence-corrected chi connectivity index (χ0v) is 44.1. The van der Waals surface area contributed by atoms with E-state index in [9.17, 15) is 14.7 Å². The van der Waals surface area contributed by atoms with E-state index >= 15 is 4.79 Å². The van der Waals surface area contributed by atoms with Crippen LogP contribution in [0.3, 0.4) is 0 Å². The lowest BCUT2D eigenvalue weighted by Crippen LogP contribution is -2.79. The van der Waals surface area contributed by atoms with Crippen molar-refractivity contribution in [2.75, 3.05) is 6.61 Å². The van der Waals surface area contributed by atoms with Crippen LogP contribution in [0.25, 0.3) is 0 Å². The van der Waals surface area contributed by atoms with E-state index in [1.54, 1.807) is 0 Å². The van der Waals surface area contributed by atoms with Crippen LogP contribution in [-0.2, 0) is 33.0 Å². The standard InChI is InChI=1S/C55H96O9Si/c1-10-11-12-13-14-15-16-17-18-19-20-21-22-23-24-25-26-27-28-29-30-31-32-33-34-35-36-37-45(56)61-47-46-42(3)43(64-65(7,8)9)39-55(52(46,4)5)50(62-51(58)63-55)48-53(6,49(47)57)41(2)38-44-54(48,59)40-60-44/h41,43-44,47-48,50,59H,10-40H2,1-9H3/t41-,43-,44+,47+,48-,50-,53+,54-,55+/m0/s1. The summed E-state index contributed by atoms with van der Waals surface area (Å²) in [6, 6.07) is 0. The van der Waals surface area contributed by atoms with Gasteiger partial charge in [0.1, 0.15) is 5.60 Å². The highest BCUT2D eigenvalue weighted by atomic mass is 28.4. The number of aliphatic hydroxyl groups is 1. The molecule has 2 saturated carbocycles. The van der Waals surface area contributed by atoms with Crippen LogP contribution in [0.4, 0.5) is 4.79 Å². The van der Waals surface area contributed by atoms with E-state index < -0.39 is 72.8 Å². The van der Waals surface area contributed by atoms with Gasteiger partial charge in [-0.25, -0.2) is 4.79 Å². The third kappa shape index (κ3) is 13.1. The fraction of sp³-hybridized carbons (Fsp3) is 0.909. The lowest BCUT2D eigenvalue weighted by Gasteiger charge is -2.66. The summed E-state index contributed by atoms with van der Waals surface area (Å²) in [5.41, 5.74) is -3.40. The van der Waals surface area contributed by atoms with Crippen molar-refractivity contribution in [1.82, 2.24) is 0 Å². The molecule has 9 atom stereocenters. The van der Waals surface area contributed by atoms with Crippen molar-refractivity contribution < 1.29 is 42.9 Å². The Morgan fingerprint density at radius 3 is 1.58 bits per heavy atom. The maximum atomic E-state index is 15.4. The second-order valence-electron chi connectivity index (χ2n) is 23.3. The maximum Gasteiger partial charge on any atom is 0.509 e. The third-order valence-electron chi connectivity index (χ3n) is 17.0. The van der Waals surface area contributed by atoms with E-state index in [0.29, 0.717) is 24.8 Å². The van der Waals surface area contributed by atoms with E-state index in [-0.39, 0.29) is 24.7 Å². The molecule has 2 heterocycles. The summed E-state index contributed by atoms with van der Waals surface area (Å²) >= 11 is 0. The number of carbonyl (C=O) groups excluding carboxylic acids is 3. The van der Waals surface area contributed by atoms with Crippen LogP contribution >= 0.6 is 0 Å². The first-order valence-electron chi connectivity index (χ1n) is 27.3. The van der Waals surface area contributed by atoms with Gasteiger partial charge in [-0.3, -0.25) is 9.59 Å². The zero-order chi connectivity index (χ0) is 47.3. The number of ether oxygens (including phenoxy) is 4. The van der Waals surface area contributed by atoms with Crippen molar-refractivity contribution in [2.24, 2.45) is 22.7 Å². The smallest absolute Gasteiger partial charge is 0.450 e. The summed E-state index contributed by atoms with van der Waals surface area (Å²) in [6.45, 7) is 18.4. The molecule has 10 heteroatoms. The molecule has 1 N–H and O–H groups in total. The fourth-order valence-electron chi connectivity index (χ4n) is 12.9. The summed E-state index contributed by atoms with van der Waals surface area (Å²) in [4.78, 5) is 42.7. The van der Waals surface area contributed by atoms with Crippen molar-refractivity contribution in [1.29, 1.82) is 0 Å². The first-order valence-corrected chi connectivity index (χ1v) is 30.7. The number of unbranched alkanes of at least 4 members (excludes halogenated alkanes) is 26. The van der Waals surface area contributed by atoms with Crippen molar-refractivity contribution in [2.45, 2.75) is 289 Å². The number of ketones is 1. The van der Waals surface area contributed by atoms with Gasteiger partial charge >= 0.3 is 12.1 Å². The highest BCUT2D eigenvalue weighted by Crippen LogP contribution is 2.67. The molecule has 0 radical (unpaired) electrons. The Hall–Kier alpha value is -1.75. The van der Waals surface area contributed by atoms with Crippen LogP contribution in [0, 0.1) is 22.7 Å². The van der Waals surface area contributed by atoms with Gasteiger partial charge in [-0.2, -0.15) is 0 Å². The first-order chi connectivity index (χ1) is 30.9. The van der Waals surface area contributed by atoms with Gasteiger partial charge in [0.15, 0.2) is 31.9 Å². The summed E-state index contributed by atoms with van der Waals surface area (Å²) in [5.74, 6) is -1.74. The lowest BCUT2D eigenvalue weighted by atomic mass is 9.43. The van der Waals surface area contributed by atoms with E-state index in [0.717, 1.165) is 18.4 Å². The normalized spacial score (nSPS) is 31.5. The van der Waals surface area contributed by atoms with Crippen molar-refractivity contribution >= 4 is 26.2 Å². The van der Waals surface area contributed by atoms with Crippen molar-refractivity contribution in [3.63, 3.8) is 0 Å². The summed E-state index contributed by atoms with van der Waals surface area (Å²) in [5, 5.41) is 12.4. The highest BCUT2D eigenvalue weighted by molar-refractivity contribution is 6.69. The molecule has 2 saturated heterocycles. The van der Waals surface area contributed by atoms with Gasteiger partial charge in [-0.05, 0) is 56.5 Å². The summed E-state index contributed by atoms with van der Waals surface area (Å²) < 4.78 is 31.7. The predicted octanol–water partition coefficient (Wildman–Crippen LogP) is 14.5. The Bertz CT molecular complexity index is 1550. The molecule has 0 aromatic rings. The molecule has 0 aromatic carbocycles. The van der Waals surface area contributed by atoms with Crippen molar-refractivity contribution in [3.8, 4) is 0 Å². The van der Waals surface area contributed by atoms with Gasteiger partial charge < -0.3 is 28.5 Å². The molecule has 65 heavy (non-hydrogen) atoms. The monoisotopic (exact) mass is 929 g/mol. The molecule has 9 nitrogen and oxygen atoms in total. The molecule has 1 spiro atoms. The molecule has 0 amide bonds. The topological polar surface area (TPSA) is 118 Å². The Morgan fingerprint density at radius 1 is 0.723 bits per heavy atom. The van der Waals surface area contributed by atoms with Gasteiger partial charge in [0.05, 0.1) is 18.8 Å². The van der Waals surface area contributed by atoms with E-state index in [1.807, 2.05) is 34.6 Å². The first kappa shape index (κ1) is 54.2. The van der Waals surface area contributed by atoms with Crippen LogP contribution in [0.5, 0.6) is 0 Å². The predicted molar refractivity (Wildman–Crippen MR) is 263 cm³/mol. The summed E-state index contributed by atoms with van der Waals surface area (Å²) in [7, 11) is -2.17. The molecule has 5 rings (SSSR count). The zero-order valence-electron chi connectivity index (χ0n) is 43.1. The Morgan fingerprint density at radius 2 is 1.17 bits per heavy atom. The van der Waals surface area contributed by atoms with E-state index in [4.69, 9.17) is 23.4 Å². The molecule has 0 unspecified atom stereocenters. The van der Waals surface area contributed by atoms with Crippen LogP contribution in [0.15, 0.2) is 11.1 Å². The summed E-state index contributed by atoms with van der Waals surface area (Å²) in [6.07, 6.45) is 33.1. The minimum absolute atomic E-state index is 0.0309. The average Bonchev–Trinajstić information content (AvgIpc) is 3.57. The largest absolute Gasteiger partial charge is 0.509 e.